The smallest absolute Gasteiger partial charge is 0.253 e. The molecule has 19 heavy (non-hydrogen) atoms. The molecule has 1 saturated carbocycles. The van der Waals surface area contributed by atoms with Crippen LogP contribution in [0.2, 0.25) is 0 Å². The zero-order chi connectivity index (χ0) is 13.5. The third-order valence-corrected chi connectivity index (χ3v) is 4.55. The number of likely N-dealkylation sites (tertiary alicyclic amines) is 1. The number of anilines is 1. The Morgan fingerprint density at radius 2 is 1.95 bits per heavy atom. The number of benzene rings is 1. The number of ether oxygens (including phenoxy) is 1. The summed E-state index contributed by atoms with van der Waals surface area (Å²) in [5, 5.41) is 0. The first-order valence-electron chi connectivity index (χ1n) is 6.86. The molecule has 102 valence electrons. The van der Waals surface area contributed by atoms with E-state index in [1.807, 2.05) is 4.90 Å². The van der Waals surface area contributed by atoms with Crippen molar-refractivity contribution < 1.29 is 9.53 Å². The van der Waals surface area contributed by atoms with E-state index < -0.39 is 0 Å². The van der Waals surface area contributed by atoms with E-state index in [0.717, 1.165) is 25.9 Å². The highest BCUT2D eigenvalue weighted by Gasteiger charge is 2.45. The van der Waals surface area contributed by atoms with Crippen molar-refractivity contribution >= 4 is 11.6 Å². The molecule has 3 rings (SSSR count). The molecule has 0 radical (unpaired) electrons. The number of amides is 1. The van der Waals surface area contributed by atoms with E-state index in [0.29, 0.717) is 22.4 Å². The van der Waals surface area contributed by atoms with Crippen LogP contribution in [0.3, 0.4) is 0 Å². The number of hydrogen-bond acceptors (Lipinski definition) is 3. The molecular formula is C15H20N2O2. The Bertz CT molecular complexity index is 499. The quantitative estimate of drug-likeness (QED) is 0.830. The number of methoxy groups -OCH3 is 1. The van der Waals surface area contributed by atoms with E-state index in [9.17, 15) is 4.79 Å². The topological polar surface area (TPSA) is 55.6 Å². The number of carbonyl (C=O) groups is 1. The lowest BCUT2D eigenvalue weighted by Gasteiger charge is -2.32. The van der Waals surface area contributed by atoms with E-state index in [1.165, 1.54) is 12.8 Å². The van der Waals surface area contributed by atoms with Gasteiger partial charge >= 0.3 is 0 Å². The van der Waals surface area contributed by atoms with Gasteiger partial charge in [-0.05, 0) is 49.3 Å². The van der Waals surface area contributed by atoms with Gasteiger partial charge in [0.15, 0.2) is 0 Å². The van der Waals surface area contributed by atoms with Crippen LogP contribution in [-0.4, -0.2) is 31.0 Å². The van der Waals surface area contributed by atoms with Crippen molar-refractivity contribution in [2.75, 3.05) is 25.9 Å². The second-order valence-electron chi connectivity index (χ2n) is 5.75. The van der Waals surface area contributed by atoms with Gasteiger partial charge in [0.1, 0.15) is 5.75 Å². The number of nitrogens with two attached hydrogens (primary N) is 1. The number of rotatable bonds is 2. The third-order valence-electron chi connectivity index (χ3n) is 4.55. The maximum atomic E-state index is 12.4. The molecule has 0 aromatic heterocycles. The lowest BCUT2D eigenvalue weighted by Crippen LogP contribution is -2.39. The molecule has 1 aliphatic heterocycles. The Kier molecular flexibility index (Phi) is 2.88. The van der Waals surface area contributed by atoms with Gasteiger partial charge in [-0.25, -0.2) is 0 Å². The molecule has 1 amide bonds. The van der Waals surface area contributed by atoms with Crippen molar-refractivity contribution in [2.24, 2.45) is 5.41 Å². The summed E-state index contributed by atoms with van der Waals surface area (Å²) < 4.78 is 5.17. The first kappa shape index (κ1) is 12.3. The Balaban J connectivity index is 1.73. The molecule has 0 bridgehead atoms. The summed E-state index contributed by atoms with van der Waals surface area (Å²) in [6, 6.07) is 5.25. The van der Waals surface area contributed by atoms with Crippen molar-refractivity contribution in [3.8, 4) is 5.75 Å². The second-order valence-corrected chi connectivity index (χ2v) is 5.75. The number of carbonyl (C=O) groups excluding carboxylic acids is 1. The van der Waals surface area contributed by atoms with E-state index in [4.69, 9.17) is 10.5 Å². The SMILES string of the molecule is COc1cc(C(=O)N2CCC3(CC2)CC3)ccc1N. The normalized spacial score (nSPS) is 20.4. The lowest BCUT2D eigenvalue weighted by molar-refractivity contribution is 0.0678. The van der Waals surface area contributed by atoms with Crippen LogP contribution >= 0.6 is 0 Å². The molecule has 1 saturated heterocycles. The molecule has 1 heterocycles. The van der Waals surface area contributed by atoms with Gasteiger partial charge < -0.3 is 15.4 Å². The molecule has 2 aliphatic rings. The lowest BCUT2D eigenvalue weighted by atomic mass is 9.93. The van der Waals surface area contributed by atoms with Gasteiger partial charge in [-0.2, -0.15) is 0 Å². The van der Waals surface area contributed by atoms with Gasteiger partial charge in [-0.15, -0.1) is 0 Å². The van der Waals surface area contributed by atoms with Crippen molar-refractivity contribution in [3.63, 3.8) is 0 Å². The summed E-state index contributed by atoms with van der Waals surface area (Å²) in [5.74, 6) is 0.662. The summed E-state index contributed by atoms with van der Waals surface area (Å²) in [5.41, 5.74) is 7.59. The van der Waals surface area contributed by atoms with Crippen molar-refractivity contribution in [1.29, 1.82) is 0 Å². The summed E-state index contributed by atoms with van der Waals surface area (Å²) in [6.45, 7) is 1.76. The number of nitrogens with zero attached hydrogens (tertiary/aromatic N) is 1. The summed E-state index contributed by atoms with van der Waals surface area (Å²) in [4.78, 5) is 14.4. The third kappa shape index (κ3) is 2.27. The van der Waals surface area contributed by atoms with Crippen LogP contribution in [0.4, 0.5) is 5.69 Å². The Morgan fingerprint density at radius 1 is 1.26 bits per heavy atom. The predicted octanol–water partition coefficient (Wildman–Crippen LogP) is 2.29. The Morgan fingerprint density at radius 3 is 2.53 bits per heavy atom. The minimum atomic E-state index is 0.0915. The minimum Gasteiger partial charge on any atom is -0.495 e. The maximum absolute atomic E-state index is 12.4. The average Bonchev–Trinajstić information content (AvgIpc) is 3.19. The van der Waals surface area contributed by atoms with E-state index in [2.05, 4.69) is 0 Å². The minimum absolute atomic E-state index is 0.0915. The van der Waals surface area contributed by atoms with Gasteiger partial charge in [0.25, 0.3) is 5.91 Å². The van der Waals surface area contributed by atoms with Gasteiger partial charge in [-0.3, -0.25) is 4.79 Å². The van der Waals surface area contributed by atoms with Crippen LogP contribution in [0.15, 0.2) is 18.2 Å². The molecule has 2 N–H and O–H groups in total. The van der Waals surface area contributed by atoms with E-state index in [1.54, 1.807) is 25.3 Å². The Labute approximate surface area is 113 Å². The fraction of sp³-hybridized carbons (Fsp3) is 0.533. The summed E-state index contributed by atoms with van der Waals surface area (Å²) in [7, 11) is 1.57. The van der Waals surface area contributed by atoms with Crippen LogP contribution in [0.25, 0.3) is 0 Å². The fourth-order valence-electron chi connectivity index (χ4n) is 2.89. The highest BCUT2D eigenvalue weighted by molar-refractivity contribution is 5.95. The molecule has 4 nitrogen and oxygen atoms in total. The highest BCUT2D eigenvalue weighted by Crippen LogP contribution is 2.53. The van der Waals surface area contributed by atoms with Gasteiger partial charge in [0, 0.05) is 18.7 Å². The Hall–Kier alpha value is -1.71. The van der Waals surface area contributed by atoms with Crippen molar-refractivity contribution in [2.45, 2.75) is 25.7 Å². The molecule has 1 aromatic carbocycles. The molecule has 0 unspecified atom stereocenters. The number of piperidine rings is 1. The molecule has 0 atom stereocenters. The summed E-state index contributed by atoms with van der Waals surface area (Å²) in [6.07, 6.45) is 5.02. The predicted molar refractivity (Wildman–Crippen MR) is 74.2 cm³/mol. The van der Waals surface area contributed by atoms with Crippen molar-refractivity contribution in [3.05, 3.63) is 23.8 Å². The van der Waals surface area contributed by atoms with E-state index >= 15 is 0 Å². The van der Waals surface area contributed by atoms with Crippen LogP contribution in [-0.2, 0) is 0 Å². The van der Waals surface area contributed by atoms with Crippen LogP contribution in [0.5, 0.6) is 5.75 Å². The highest BCUT2D eigenvalue weighted by atomic mass is 16.5. The monoisotopic (exact) mass is 260 g/mol. The zero-order valence-corrected chi connectivity index (χ0v) is 11.3. The molecule has 1 aliphatic carbocycles. The van der Waals surface area contributed by atoms with Crippen molar-refractivity contribution in [1.82, 2.24) is 4.90 Å². The molecule has 1 spiro atoms. The molecular weight excluding hydrogens is 240 g/mol. The first-order valence-corrected chi connectivity index (χ1v) is 6.86. The van der Waals surface area contributed by atoms with Gasteiger partial charge in [0.2, 0.25) is 0 Å². The first-order chi connectivity index (χ1) is 9.13. The number of nitrogen functional groups attached to an aromatic ring is 1. The zero-order valence-electron chi connectivity index (χ0n) is 11.3. The fourth-order valence-corrected chi connectivity index (χ4v) is 2.89. The van der Waals surface area contributed by atoms with Crippen LogP contribution in [0, 0.1) is 5.41 Å². The second kappa shape index (κ2) is 4.44. The molecule has 4 heteroatoms. The van der Waals surface area contributed by atoms with Crippen LogP contribution < -0.4 is 10.5 Å². The van der Waals surface area contributed by atoms with E-state index in [-0.39, 0.29) is 5.91 Å². The molecule has 1 aromatic rings. The maximum Gasteiger partial charge on any atom is 0.253 e. The molecule has 2 fully saturated rings. The standard InChI is InChI=1S/C15H20N2O2/c1-19-13-10-11(2-3-12(13)16)14(18)17-8-6-15(4-5-15)7-9-17/h2-3,10H,4-9,16H2,1H3. The van der Waals surface area contributed by atoms with Crippen LogP contribution in [0.1, 0.15) is 36.0 Å². The number of hydrogen-bond donors (Lipinski definition) is 1. The van der Waals surface area contributed by atoms with Gasteiger partial charge in [0.05, 0.1) is 12.8 Å². The average molecular weight is 260 g/mol. The summed E-state index contributed by atoms with van der Waals surface area (Å²) >= 11 is 0. The van der Waals surface area contributed by atoms with Gasteiger partial charge in [-0.1, -0.05) is 0 Å². The largest absolute Gasteiger partial charge is 0.495 e.